The van der Waals surface area contributed by atoms with Crippen LogP contribution in [0.1, 0.15) is 42.8 Å². The van der Waals surface area contributed by atoms with Crippen molar-refractivity contribution in [2.24, 2.45) is 0 Å². The number of hydrogen-bond donors (Lipinski definition) is 1. The maximum Gasteiger partial charge on any atom is 0.287 e. The number of carbonyl (C=O) groups is 1. The minimum atomic E-state index is -0.162. The van der Waals surface area contributed by atoms with E-state index in [1.165, 1.54) is 24.6 Å². The third kappa shape index (κ3) is 4.79. The normalized spacial score (nSPS) is 14.1. The quantitative estimate of drug-likeness (QED) is 0.423. The molecule has 0 bridgehead atoms. The van der Waals surface area contributed by atoms with E-state index in [4.69, 9.17) is 4.42 Å². The average molecular weight is 411 g/mol. The number of thioether (sulfide) groups is 1. The molecule has 152 valence electrons. The molecular weight excluding hydrogens is 384 g/mol. The van der Waals surface area contributed by atoms with Gasteiger partial charge in [-0.05, 0) is 38.8 Å². The molecule has 2 aromatic heterocycles. The SMILES string of the molecule is CC(C)N(CCNC(=O)c1oc2ccccc2c1CSc1ncccn1)C1CC1. The van der Waals surface area contributed by atoms with Crippen molar-refractivity contribution in [2.75, 3.05) is 13.1 Å². The molecule has 0 aliphatic heterocycles. The van der Waals surface area contributed by atoms with Crippen LogP contribution in [0.4, 0.5) is 0 Å². The maximum atomic E-state index is 12.9. The van der Waals surface area contributed by atoms with E-state index in [0.29, 0.717) is 35.3 Å². The molecule has 0 saturated heterocycles. The number of benzene rings is 1. The van der Waals surface area contributed by atoms with Crippen molar-refractivity contribution in [2.45, 2.75) is 49.7 Å². The van der Waals surface area contributed by atoms with Crippen molar-refractivity contribution < 1.29 is 9.21 Å². The Morgan fingerprint density at radius 1 is 1.24 bits per heavy atom. The number of carbonyl (C=O) groups excluding carboxylic acids is 1. The van der Waals surface area contributed by atoms with Crippen LogP contribution in [-0.4, -0.2) is 45.9 Å². The minimum Gasteiger partial charge on any atom is -0.451 e. The second-order valence-corrected chi connectivity index (χ2v) is 8.49. The number of nitrogens with one attached hydrogen (secondary N) is 1. The zero-order valence-electron chi connectivity index (χ0n) is 16.8. The van der Waals surface area contributed by atoms with E-state index in [1.807, 2.05) is 24.3 Å². The van der Waals surface area contributed by atoms with Gasteiger partial charge in [0, 0.05) is 54.3 Å². The standard InChI is InChI=1S/C22H26N4O2S/c1-15(2)26(16-8-9-16)13-12-23-21(27)20-18(14-29-22-24-10-5-11-25-22)17-6-3-4-7-19(17)28-20/h3-7,10-11,15-16H,8-9,12-14H2,1-2H3,(H,23,27). The molecule has 1 amide bonds. The van der Waals surface area contributed by atoms with Gasteiger partial charge in [0.05, 0.1) is 0 Å². The maximum absolute atomic E-state index is 12.9. The molecule has 0 unspecified atom stereocenters. The summed E-state index contributed by atoms with van der Waals surface area (Å²) >= 11 is 1.50. The first-order chi connectivity index (χ1) is 14.1. The zero-order chi connectivity index (χ0) is 20.2. The van der Waals surface area contributed by atoms with Gasteiger partial charge in [0.15, 0.2) is 10.9 Å². The predicted octanol–water partition coefficient (Wildman–Crippen LogP) is 4.12. The van der Waals surface area contributed by atoms with Crippen LogP contribution in [0.3, 0.4) is 0 Å². The Hall–Kier alpha value is -2.38. The molecule has 3 aromatic rings. The van der Waals surface area contributed by atoms with Crippen LogP contribution in [-0.2, 0) is 5.75 Å². The monoisotopic (exact) mass is 410 g/mol. The van der Waals surface area contributed by atoms with E-state index >= 15 is 0 Å². The number of para-hydroxylation sites is 1. The smallest absolute Gasteiger partial charge is 0.287 e. The molecule has 1 aromatic carbocycles. The van der Waals surface area contributed by atoms with Gasteiger partial charge in [0.1, 0.15) is 5.58 Å². The van der Waals surface area contributed by atoms with Gasteiger partial charge in [-0.3, -0.25) is 9.69 Å². The predicted molar refractivity (Wildman–Crippen MR) is 115 cm³/mol. The Kier molecular flexibility index (Phi) is 6.16. The highest BCUT2D eigenvalue weighted by Crippen LogP contribution is 2.31. The highest BCUT2D eigenvalue weighted by Gasteiger charge is 2.30. The van der Waals surface area contributed by atoms with Crippen molar-refractivity contribution in [3.05, 3.63) is 54.0 Å². The number of hydrogen-bond acceptors (Lipinski definition) is 6. The van der Waals surface area contributed by atoms with Gasteiger partial charge in [-0.1, -0.05) is 30.0 Å². The molecule has 1 aliphatic carbocycles. The van der Waals surface area contributed by atoms with E-state index in [2.05, 4.69) is 34.0 Å². The van der Waals surface area contributed by atoms with Crippen molar-refractivity contribution in [3.63, 3.8) is 0 Å². The van der Waals surface area contributed by atoms with Gasteiger partial charge < -0.3 is 9.73 Å². The average Bonchev–Trinajstić information content (AvgIpc) is 3.50. The van der Waals surface area contributed by atoms with Crippen LogP contribution in [0, 0.1) is 0 Å². The lowest BCUT2D eigenvalue weighted by molar-refractivity contribution is 0.0917. The summed E-state index contributed by atoms with van der Waals surface area (Å²) in [6.45, 7) is 5.88. The Labute approximate surface area is 175 Å². The van der Waals surface area contributed by atoms with Crippen LogP contribution < -0.4 is 5.32 Å². The third-order valence-corrected chi connectivity index (χ3v) is 6.03. The number of aromatic nitrogens is 2. The van der Waals surface area contributed by atoms with Gasteiger partial charge in [-0.15, -0.1) is 0 Å². The molecule has 4 rings (SSSR count). The van der Waals surface area contributed by atoms with E-state index in [9.17, 15) is 4.79 Å². The summed E-state index contributed by atoms with van der Waals surface area (Å²) in [7, 11) is 0. The lowest BCUT2D eigenvalue weighted by atomic mass is 10.1. The Morgan fingerprint density at radius 3 is 2.72 bits per heavy atom. The van der Waals surface area contributed by atoms with Gasteiger partial charge in [0.25, 0.3) is 5.91 Å². The molecule has 29 heavy (non-hydrogen) atoms. The van der Waals surface area contributed by atoms with Crippen LogP contribution in [0.15, 0.2) is 52.3 Å². The first kappa shape index (κ1) is 19.9. The lowest BCUT2D eigenvalue weighted by Gasteiger charge is -2.26. The molecule has 1 saturated carbocycles. The number of amides is 1. The van der Waals surface area contributed by atoms with Crippen molar-refractivity contribution in [1.82, 2.24) is 20.2 Å². The Morgan fingerprint density at radius 2 is 2.00 bits per heavy atom. The zero-order valence-corrected chi connectivity index (χ0v) is 17.6. The van der Waals surface area contributed by atoms with Crippen LogP contribution >= 0.6 is 11.8 Å². The van der Waals surface area contributed by atoms with Gasteiger partial charge >= 0.3 is 0 Å². The van der Waals surface area contributed by atoms with E-state index < -0.39 is 0 Å². The highest BCUT2D eigenvalue weighted by molar-refractivity contribution is 7.98. The molecule has 1 N–H and O–H groups in total. The second-order valence-electron chi connectivity index (χ2n) is 7.54. The number of fused-ring (bicyclic) bond motifs is 1. The van der Waals surface area contributed by atoms with Gasteiger partial charge in [-0.25, -0.2) is 9.97 Å². The summed E-state index contributed by atoms with van der Waals surface area (Å²) in [5, 5.41) is 4.69. The molecule has 2 heterocycles. The first-order valence-corrected chi connectivity index (χ1v) is 11.1. The summed E-state index contributed by atoms with van der Waals surface area (Å²) in [5.41, 5.74) is 1.61. The molecule has 0 spiro atoms. The summed E-state index contributed by atoms with van der Waals surface area (Å²) in [5.74, 6) is 0.798. The fraction of sp³-hybridized carbons (Fsp3) is 0.409. The topological polar surface area (TPSA) is 71.3 Å². The van der Waals surface area contributed by atoms with Crippen LogP contribution in [0.5, 0.6) is 0 Å². The van der Waals surface area contributed by atoms with Gasteiger partial charge in [-0.2, -0.15) is 0 Å². The Balaban J connectivity index is 1.47. The highest BCUT2D eigenvalue weighted by atomic mass is 32.2. The number of nitrogens with zero attached hydrogens (tertiary/aromatic N) is 3. The van der Waals surface area contributed by atoms with Gasteiger partial charge in [0.2, 0.25) is 0 Å². The largest absolute Gasteiger partial charge is 0.451 e. The number of rotatable bonds is 9. The summed E-state index contributed by atoms with van der Waals surface area (Å²) < 4.78 is 5.93. The van der Waals surface area contributed by atoms with Crippen molar-refractivity contribution in [1.29, 1.82) is 0 Å². The van der Waals surface area contributed by atoms with Crippen molar-refractivity contribution in [3.8, 4) is 0 Å². The molecule has 0 radical (unpaired) electrons. The molecule has 1 aliphatic rings. The van der Waals surface area contributed by atoms with E-state index in [1.54, 1.807) is 18.5 Å². The molecule has 7 heteroatoms. The summed E-state index contributed by atoms with van der Waals surface area (Å²) in [6, 6.07) is 10.7. The molecule has 1 fully saturated rings. The molecule has 0 atom stereocenters. The van der Waals surface area contributed by atoms with Crippen molar-refractivity contribution >= 4 is 28.6 Å². The van der Waals surface area contributed by atoms with E-state index in [0.717, 1.165) is 23.1 Å². The first-order valence-electron chi connectivity index (χ1n) is 10.1. The van der Waals surface area contributed by atoms with Crippen LogP contribution in [0.2, 0.25) is 0 Å². The van der Waals surface area contributed by atoms with Crippen LogP contribution in [0.25, 0.3) is 11.0 Å². The second kappa shape index (κ2) is 8.97. The Bertz CT molecular complexity index is 967. The fourth-order valence-corrected chi connectivity index (χ4v) is 4.40. The lowest BCUT2D eigenvalue weighted by Crippen LogP contribution is -2.40. The summed E-state index contributed by atoms with van der Waals surface area (Å²) in [6.07, 6.45) is 5.96. The fourth-order valence-electron chi connectivity index (χ4n) is 3.57. The third-order valence-electron chi connectivity index (χ3n) is 5.13. The summed E-state index contributed by atoms with van der Waals surface area (Å²) in [4.78, 5) is 23.9. The minimum absolute atomic E-state index is 0.162. The molecular formula is C22H26N4O2S. The number of furan rings is 1. The molecule has 6 nitrogen and oxygen atoms in total. The van der Waals surface area contributed by atoms with E-state index in [-0.39, 0.29) is 5.91 Å².